The van der Waals surface area contributed by atoms with E-state index in [0.29, 0.717) is 5.56 Å². The Morgan fingerprint density at radius 2 is 1.94 bits per heavy atom. The van der Waals surface area contributed by atoms with Crippen LogP contribution in [0.1, 0.15) is 25.0 Å². The zero-order valence-corrected chi connectivity index (χ0v) is 9.01. The number of phenolic OH excluding ortho intramolecular Hbond substituents is 1. The molecule has 90 valence electrons. The molecule has 5 heteroatoms. The zero-order chi connectivity index (χ0) is 12.3. The van der Waals surface area contributed by atoms with E-state index in [9.17, 15) is 18.3 Å². The molecule has 1 rings (SSSR count). The lowest BCUT2D eigenvalue weighted by Gasteiger charge is -2.11. The molecule has 2 nitrogen and oxygen atoms in total. The highest BCUT2D eigenvalue weighted by Gasteiger charge is 2.33. The summed E-state index contributed by atoms with van der Waals surface area (Å²) in [6.45, 7) is 3.83. The lowest BCUT2D eigenvalue weighted by atomic mass is 10.1. The molecule has 0 radical (unpaired) electrons. The van der Waals surface area contributed by atoms with Crippen molar-refractivity contribution in [2.45, 2.75) is 32.7 Å². The number of phenols is 1. The molecule has 1 N–H and O–H groups in total. The lowest BCUT2D eigenvalue weighted by molar-refractivity contribution is -0.138. The second-order valence-corrected chi connectivity index (χ2v) is 3.71. The number of halogens is 3. The average molecular weight is 234 g/mol. The molecule has 0 heterocycles. The van der Waals surface area contributed by atoms with Crippen LogP contribution in [0.25, 0.3) is 0 Å². The van der Waals surface area contributed by atoms with E-state index >= 15 is 0 Å². The highest BCUT2D eigenvalue weighted by atomic mass is 19.4. The highest BCUT2D eigenvalue weighted by Crippen LogP contribution is 2.35. The summed E-state index contributed by atoms with van der Waals surface area (Å²) >= 11 is 0. The Bertz CT molecular complexity index is 359. The fourth-order valence-corrected chi connectivity index (χ4v) is 1.17. The number of hydrogen-bond donors (Lipinski definition) is 1. The largest absolute Gasteiger partial charge is 0.507 e. The molecule has 16 heavy (non-hydrogen) atoms. The van der Waals surface area contributed by atoms with Gasteiger partial charge in [-0.25, -0.2) is 0 Å². The van der Waals surface area contributed by atoms with Crippen molar-refractivity contribution in [3.05, 3.63) is 29.3 Å². The van der Waals surface area contributed by atoms with Crippen LogP contribution in [0.4, 0.5) is 13.2 Å². The summed E-state index contributed by atoms with van der Waals surface area (Å²) in [5, 5.41) is 9.22. The van der Waals surface area contributed by atoms with Crippen molar-refractivity contribution < 1.29 is 23.0 Å². The van der Waals surface area contributed by atoms with Crippen LogP contribution < -0.4 is 0 Å². The van der Waals surface area contributed by atoms with E-state index in [1.807, 2.05) is 13.8 Å². The molecule has 0 unspecified atom stereocenters. The summed E-state index contributed by atoms with van der Waals surface area (Å²) in [6.07, 6.45) is -4.54. The highest BCUT2D eigenvalue weighted by molar-refractivity contribution is 5.38. The first-order chi connectivity index (χ1) is 7.30. The second-order valence-electron chi connectivity index (χ2n) is 3.71. The van der Waals surface area contributed by atoms with Crippen molar-refractivity contribution in [1.82, 2.24) is 0 Å². The van der Waals surface area contributed by atoms with E-state index in [1.165, 1.54) is 6.07 Å². The van der Waals surface area contributed by atoms with Gasteiger partial charge < -0.3 is 9.84 Å². The summed E-state index contributed by atoms with van der Waals surface area (Å²) in [5.41, 5.74) is -0.514. The first-order valence-electron chi connectivity index (χ1n) is 4.81. The minimum atomic E-state index is -4.53. The maximum Gasteiger partial charge on any atom is 0.419 e. The number of alkyl halides is 3. The van der Waals surface area contributed by atoms with Gasteiger partial charge in [-0.15, -0.1) is 0 Å². The normalized spacial score (nSPS) is 12.1. The summed E-state index contributed by atoms with van der Waals surface area (Å²) in [6, 6.07) is 3.23. The van der Waals surface area contributed by atoms with E-state index in [-0.39, 0.29) is 12.7 Å². The maximum atomic E-state index is 12.3. The number of aromatic hydroxyl groups is 1. The van der Waals surface area contributed by atoms with Crippen LogP contribution in [-0.4, -0.2) is 11.2 Å². The number of benzene rings is 1. The average Bonchev–Trinajstić information content (AvgIpc) is 2.12. The van der Waals surface area contributed by atoms with Crippen molar-refractivity contribution in [1.29, 1.82) is 0 Å². The molecule has 1 aromatic carbocycles. The smallest absolute Gasteiger partial charge is 0.419 e. The van der Waals surface area contributed by atoms with Crippen LogP contribution in [0, 0.1) is 0 Å². The Balaban J connectivity index is 2.83. The molecule has 0 amide bonds. The molecule has 0 aliphatic carbocycles. The van der Waals surface area contributed by atoms with Gasteiger partial charge in [-0.2, -0.15) is 13.2 Å². The van der Waals surface area contributed by atoms with Crippen molar-refractivity contribution in [3.8, 4) is 5.75 Å². The van der Waals surface area contributed by atoms with E-state index in [0.717, 1.165) is 12.1 Å². The zero-order valence-electron chi connectivity index (χ0n) is 9.01. The van der Waals surface area contributed by atoms with Gasteiger partial charge >= 0.3 is 6.18 Å². The topological polar surface area (TPSA) is 29.5 Å². The van der Waals surface area contributed by atoms with Gasteiger partial charge in [0.1, 0.15) is 5.75 Å². The van der Waals surface area contributed by atoms with E-state index in [1.54, 1.807) is 0 Å². The van der Waals surface area contributed by atoms with Crippen molar-refractivity contribution in [2.24, 2.45) is 0 Å². The van der Waals surface area contributed by atoms with Gasteiger partial charge in [-0.05, 0) is 31.5 Å². The van der Waals surface area contributed by atoms with E-state index in [4.69, 9.17) is 4.74 Å². The van der Waals surface area contributed by atoms with Crippen LogP contribution in [0.5, 0.6) is 5.75 Å². The molecule has 0 aliphatic heterocycles. The lowest BCUT2D eigenvalue weighted by Crippen LogP contribution is -2.06. The first-order valence-corrected chi connectivity index (χ1v) is 4.81. The Hall–Kier alpha value is -1.23. The summed E-state index contributed by atoms with van der Waals surface area (Å²) in [4.78, 5) is 0. The van der Waals surface area contributed by atoms with Crippen molar-refractivity contribution in [3.63, 3.8) is 0 Å². The third-order valence-corrected chi connectivity index (χ3v) is 1.95. The van der Waals surface area contributed by atoms with Gasteiger partial charge in [0.05, 0.1) is 18.3 Å². The standard InChI is InChI=1S/C11H13F3O2/c1-7(2)16-6-8-3-4-9(10(15)5-8)11(12,13)14/h3-5,7,15H,6H2,1-2H3. The van der Waals surface area contributed by atoms with Gasteiger partial charge in [0.2, 0.25) is 0 Å². The fraction of sp³-hybridized carbons (Fsp3) is 0.455. The summed E-state index contributed by atoms with van der Waals surface area (Å²) < 4.78 is 42.1. The third kappa shape index (κ3) is 3.41. The minimum Gasteiger partial charge on any atom is -0.507 e. The number of rotatable bonds is 3. The molecule has 0 saturated carbocycles. The van der Waals surface area contributed by atoms with Crippen LogP contribution in [0.3, 0.4) is 0 Å². The maximum absolute atomic E-state index is 12.3. The van der Waals surface area contributed by atoms with Crippen molar-refractivity contribution in [2.75, 3.05) is 0 Å². The Morgan fingerprint density at radius 1 is 1.31 bits per heavy atom. The predicted molar refractivity (Wildman–Crippen MR) is 53.0 cm³/mol. The second kappa shape index (κ2) is 4.74. The van der Waals surface area contributed by atoms with Crippen LogP contribution in [-0.2, 0) is 17.5 Å². The van der Waals surface area contributed by atoms with Crippen LogP contribution >= 0.6 is 0 Å². The Morgan fingerprint density at radius 3 is 2.38 bits per heavy atom. The summed E-state index contributed by atoms with van der Waals surface area (Å²) in [5.74, 6) is -0.766. The molecule has 0 bridgehead atoms. The van der Waals surface area contributed by atoms with Gasteiger partial charge in [-0.3, -0.25) is 0 Å². The monoisotopic (exact) mass is 234 g/mol. The number of ether oxygens (including phenoxy) is 1. The van der Waals surface area contributed by atoms with E-state index < -0.39 is 17.5 Å². The van der Waals surface area contributed by atoms with Crippen LogP contribution in [0.2, 0.25) is 0 Å². The Labute approximate surface area is 91.7 Å². The van der Waals surface area contributed by atoms with Gasteiger partial charge in [0.15, 0.2) is 0 Å². The molecular formula is C11H13F3O2. The van der Waals surface area contributed by atoms with Crippen LogP contribution in [0.15, 0.2) is 18.2 Å². The minimum absolute atomic E-state index is 0.00978. The molecule has 0 spiro atoms. The van der Waals surface area contributed by atoms with E-state index in [2.05, 4.69) is 0 Å². The van der Waals surface area contributed by atoms with Crippen molar-refractivity contribution >= 4 is 0 Å². The molecule has 1 aromatic rings. The summed E-state index contributed by atoms with van der Waals surface area (Å²) in [7, 11) is 0. The molecule has 0 aromatic heterocycles. The van der Waals surface area contributed by atoms with Gasteiger partial charge in [0.25, 0.3) is 0 Å². The molecular weight excluding hydrogens is 221 g/mol. The molecule has 0 aliphatic rings. The number of hydrogen-bond acceptors (Lipinski definition) is 2. The quantitative estimate of drug-likeness (QED) is 0.869. The molecule has 0 atom stereocenters. The van der Waals surface area contributed by atoms with Gasteiger partial charge in [-0.1, -0.05) is 6.07 Å². The van der Waals surface area contributed by atoms with Gasteiger partial charge in [0, 0.05) is 0 Å². The fourth-order valence-electron chi connectivity index (χ4n) is 1.17. The third-order valence-electron chi connectivity index (χ3n) is 1.95. The Kier molecular flexibility index (Phi) is 3.80. The first kappa shape index (κ1) is 12.8. The molecule has 0 fully saturated rings. The predicted octanol–water partition coefficient (Wildman–Crippen LogP) is 3.34. The SMILES string of the molecule is CC(C)OCc1ccc(C(F)(F)F)c(O)c1. The molecule has 0 saturated heterocycles.